The molecule has 0 unspecified atom stereocenters. The maximum absolute atomic E-state index is 12.2. The standard InChI is InChI=1S/C17H16N2O2.ClH/c1-21-16-9-5-8-14-13(16)10-15(19-14)17(20)18-11-12-6-3-2-4-7-12;/h2-10,19H,11H2,1H3,(H,18,20);1H/p-1. The number of ether oxygens (including phenoxy) is 1. The molecule has 0 saturated heterocycles. The Kier molecular flexibility index (Phi) is 5.07. The number of benzene rings is 2. The number of fused-ring (bicyclic) bond motifs is 1. The molecule has 2 N–H and O–H groups in total. The van der Waals surface area contributed by atoms with E-state index in [-0.39, 0.29) is 18.3 Å². The molecule has 2 aromatic carbocycles. The number of rotatable bonds is 4. The molecule has 1 amide bonds. The molecule has 0 aliphatic heterocycles. The highest BCUT2D eigenvalue weighted by Gasteiger charge is 2.11. The molecule has 0 aliphatic carbocycles. The molecular weight excluding hydrogens is 300 g/mol. The third-order valence-corrected chi connectivity index (χ3v) is 3.38. The smallest absolute Gasteiger partial charge is 0.267 e. The fourth-order valence-electron chi connectivity index (χ4n) is 2.30. The Labute approximate surface area is 134 Å². The van der Waals surface area contributed by atoms with E-state index in [0.29, 0.717) is 12.2 Å². The molecule has 0 spiro atoms. The fourth-order valence-corrected chi connectivity index (χ4v) is 2.30. The van der Waals surface area contributed by atoms with Crippen molar-refractivity contribution in [3.8, 4) is 5.75 Å². The van der Waals surface area contributed by atoms with Crippen molar-refractivity contribution >= 4 is 16.8 Å². The molecule has 1 aromatic heterocycles. The van der Waals surface area contributed by atoms with Gasteiger partial charge in [-0.15, -0.1) is 0 Å². The fraction of sp³-hybridized carbons (Fsp3) is 0.118. The molecule has 1 heterocycles. The highest BCUT2D eigenvalue weighted by molar-refractivity contribution is 5.99. The third-order valence-electron chi connectivity index (χ3n) is 3.38. The molecule has 4 nitrogen and oxygen atoms in total. The van der Waals surface area contributed by atoms with Gasteiger partial charge in [-0.25, -0.2) is 0 Å². The summed E-state index contributed by atoms with van der Waals surface area (Å²) in [6.45, 7) is 0.506. The summed E-state index contributed by atoms with van der Waals surface area (Å²) in [7, 11) is 1.62. The quantitative estimate of drug-likeness (QED) is 0.718. The molecule has 5 heteroatoms. The molecule has 114 valence electrons. The molecular formula is C17H16ClN2O2-. The molecule has 0 radical (unpaired) electrons. The molecule has 3 aromatic rings. The zero-order valence-corrected chi connectivity index (χ0v) is 12.9. The van der Waals surface area contributed by atoms with Crippen molar-refractivity contribution < 1.29 is 21.9 Å². The van der Waals surface area contributed by atoms with Gasteiger partial charge >= 0.3 is 0 Å². The number of methoxy groups -OCH3 is 1. The van der Waals surface area contributed by atoms with E-state index in [1.54, 1.807) is 7.11 Å². The van der Waals surface area contributed by atoms with Gasteiger partial charge in [-0.1, -0.05) is 36.4 Å². The van der Waals surface area contributed by atoms with E-state index in [4.69, 9.17) is 4.74 Å². The van der Waals surface area contributed by atoms with Gasteiger partial charge in [0.05, 0.1) is 7.11 Å². The lowest BCUT2D eigenvalue weighted by molar-refractivity contribution is -0.0000127. The topological polar surface area (TPSA) is 54.1 Å². The summed E-state index contributed by atoms with van der Waals surface area (Å²) in [6.07, 6.45) is 0. The van der Waals surface area contributed by atoms with Crippen LogP contribution in [0.25, 0.3) is 10.9 Å². The van der Waals surface area contributed by atoms with Crippen LogP contribution in [0.3, 0.4) is 0 Å². The maximum atomic E-state index is 12.2. The number of aromatic nitrogens is 1. The van der Waals surface area contributed by atoms with Gasteiger partial charge in [0.2, 0.25) is 0 Å². The predicted molar refractivity (Wildman–Crippen MR) is 82.5 cm³/mol. The molecule has 0 atom stereocenters. The van der Waals surface area contributed by atoms with Crippen LogP contribution in [0.2, 0.25) is 0 Å². The van der Waals surface area contributed by atoms with Gasteiger partial charge in [0.1, 0.15) is 11.4 Å². The van der Waals surface area contributed by atoms with Gasteiger partial charge in [0.15, 0.2) is 0 Å². The van der Waals surface area contributed by atoms with E-state index in [2.05, 4.69) is 10.3 Å². The maximum Gasteiger partial charge on any atom is 0.267 e. The molecule has 0 saturated carbocycles. The van der Waals surface area contributed by atoms with Crippen LogP contribution in [0, 0.1) is 0 Å². The first-order chi connectivity index (χ1) is 10.3. The Morgan fingerprint density at radius 3 is 2.64 bits per heavy atom. The highest BCUT2D eigenvalue weighted by atomic mass is 35.5. The van der Waals surface area contributed by atoms with Gasteiger partial charge in [-0.2, -0.15) is 0 Å². The number of hydrogen-bond acceptors (Lipinski definition) is 2. The first-order valence-corrected chi connectivity index (χ1v) is 6.76. The van der Waals surface area contributed by atoms with Crippen LogP contribution >= 0.6 is 0 Å². The molecule has 0 aliphatic rings. The van der Waals surface area contributed by atoms with Crippen LogP contribution in [-0.2, 0) is 6.54 Å². The highest BCUT2D eigenvalue weighted by Crippen LogP contribution is 2.25. The minimum atomic E-state index is -0.128. The van der Waals surface area contributed by atoms with Crippen LogP contribution in [0.1, 0.15) is 16.1 Å². The van der Waals surface area contributed by atoms with Gasteiger partial charge < -0.3 is 27.4 Å². The normalized spacial score (nSPS) is 10.0. The van der Waals surface area contributed by atoms with Crippen LogP contribution in [0.4, 0.5) is 0 Å². The number of carbonyl (C=O) groups is 1. The first kappa shape index (κ1) is 15.9. The minimum absolute atomic E-state index is 0. The van der Waals surface area contributed by atoms with Gasteiger partial charge in [-0.3, -0.25) is 4.79 Å². The van der Waals surface area contributed by atoms with Crippen molar-refractivity contribution in [3.63, 3.8) is 0 Å². The summed E-state index contributed by atoms with van der Waals surface area (Å²) in [5.41, 5.74) is 2.49. The van der Waals surface area contributed by atoms with Crippen LogP contribution in [0.15, 0.2) is 54.6 Å². The van der Waals surface area contributed by atoms with Crippen molar-refractivity contribution in [1.29, 1.82) is 0 Å². The van der Waals surface area contributed by atoms with Gasteiger partial charge in [0.25, 0.3) is 5.91 Å². The second kappa shape index (κ2) is 7.00. The van der Waals surface area contributed by atoms with Crippen LogP contribution in [-0.4, -0.2) is 18.0 Å². The van der Waals surface area contributed by atoms with Crippen molar-refractivity contribution in [1.82, 2.24) is 10.3 Å². The second-order valence-corrected chi connectivity index (χ2v) is 4.77. The number of carbonyl (C=O) groups excluding carboxylic acids is 1. The summed E-state index contributed by atoms with van der Waals surface area (Å²) in [4.78, 5) is 15.3. The Bertz CT molecular complexity index is 769. The molecule has 0 fully saturated rings. The Hall–Kier alpha value is -2.46. The lowest BCUT2D eigenvalue weighted by Gasteiger charge is -2.03. The van der Waals surface area contributed by atoms with Crippen molar-refractivity contribution in [3.05, 3.63) is 65.9 Å². The second-order valence-electron chi connectivity index (χ2n) is 4.77. The average molecular weight is 316 g/mol. The zero-order valence-electron chi connectivity index (χ0n) is 12.1. The monoisotopic (exact) mass is 315 g/mol. The summed E-state index contributed by atoms with van der Waals surface area (Å²) < 4.78 is 5.30. The minimum Gasteiger partial charge on any atom is -1.00 e. The van der Waals surface area contributed by atoms with E-state index in [9.17, 15) is 4.79 Å². The summed E-state index contributed by atoms with van der Waals surface area (Å²) in [6, 6.07) is 17.3. The van der Waals surface area contributed by atoms with E-state index in [0.717, 1.165) is 22.2 Å². The number of nitrogens with one attached hydrogen (secondary N) is 2. The Balaban J connectivity index is 0.00000176. The van der Waals surface area contributed by atoms with Crippen molar-refractivity contribution in [2.45, 2.75) is 6.54 Å². The first-order valence-electron chi connectivity index (χ1n) is 6.76. The van der Waals surface area contributed by atoms with Gasteiger partial charge in [-0.05, 0) is 23.8 Å². The summed E-state index contributed by atoms with van der Waals surface area (Å²) in [5.74, 6) is 0.628. The summed E-state index contributed by atoms with van der Waals surface area (Å²) in [5, 5.41) is 3.81. The van der Waals surface area contributed by atoms with Crippen LogP contribution in [0.5, 0.6) is 5.75 Å². The average Bonchev–Trinajstić information content (AvgIpc) is 2.97. The Morgan fingerprint density at radius 1 is 1.14 bits per heavy atom. The van der Waals surface area contributed by atoms with E-state index in [1.165, 1.54) is 0 Å². The zero-order chi connectivity index (χ0) is 14.7. The lowest BCUT2D eigenvalue weighted by Crippen LogP contribution is -3.00. The predicted octanol–water partition coefficient (Wildman–Crippen LogP) is 0.110. The largest absolute Gasteiger partial charge is 1.00 e. The van der Waals surface area contributed by atoms with E-state index in [1.807, 2.05) is 54.6 Å². The number of aromatic amines is 1. The van der Waals surface area contributed by atoms with E-state index < -0.39 is 0 Å². The lowest BCUT2D eigenvalue weighted by atomic mass is 10.2. The number of hydrogen-bond donors (Lipinski definition) is 2. The number of H-pyrrole nitrogens is 1. The summed E-state index contributed by atoms with van der Waals surface area (Å²) >= 11 is 0. The number of halogens is 1. The van der Waals surface area contributed by atoms with E-state index >= 15 is 0 Å². The van der Waals surface area contributed by atoms with Crippen LogP contribution < -0.4 is 22.5 Å². The van der Waals surface area contributed by atoms with Gasteiger partial charge in [0, 0.05) is 17.4 Å². The third kappa shape index (κ3) is 3.23. The Morgan fingerprint density at radius 2 is 1.91 bits per heavy atom. The number of amides is 1. The molecule has 22 heavy (non-hydrogen) atoms. The SMILES string of the molecule is COc1cccc2[nH]c(C(=O)NCc3ccccc3)cc12.[Cl-]. The van der Waals surface area contributed by atoms with Crippen molar-refractivity contribution in [2.75, 3.05) is 7.11 Å². The molecule has 3 rings (SSSR count). The van der Waals surface area contributed by atoms with Crippen molar-refractivity contribution in [2.24, 2.45) is 0 Å². The molecule has 0 bridgehead atoms.